The van der Waals surface area contributed by atoms with Crippen LogP contribution in [-0.2, 0) is 6.42 Å². The number of carbonyl (C=O) groups excluding carboxylic acids is 1. The van der Waals surface area contributed by atoms with Gasteiger partial charge in [0.25, 0.3) is 0 Å². The molecule has 92 valence electrons. The first kappa shape index (κ1) is 12.9. The average molecular weight is 281 g/mol. The topological polar surface area (TPSA) is 37.3 Å². The van der Waals surface area contributed by atoms with Crippen LogP contribution in [0.25, 0.3) is 0 Å². The van der Waals surface area contributed by atoms with Crippen LogP contribution in [0.1, 0.15) is 15.9 Å². The summed E-state index contributed by atoms with van der Waals surface area (Å²) in [6.45, 7) is 0. The molecule has 0 spiro atoms. The maximum absolute atomic E-state index is 12.1. The Kier molecular flexibility index (Phi) is 3.90. The van der Waals surface area contributed by atoms with Gasteiger partial charge < -0.3 is 5.11 Å². The molecule has 0 atom stereocenters. The van der Waals surface area contributed by atoms with Gasteiger partial charge in [0.05, 0.1) is 5.02 Å². The summed E-state index contributed by atoms with van der Waals surface area (Å²) in [6.07, 6.45) is 0.223. The molecule has 4 heteroatoms. The van der Waals surface area contributed by atoms with Gasteiger partial charge in [0.2, 0.25) is 0 Å². The highest BCUT2D eigenvalue weighted by Crippen LogP contribution is 2.22. The third-order valence-electron chi connectivity index (χ3n) is 2.53. The van der Waals surface area contributed by atoms with Crippen LogP contribution in [0.4, 0.5) is 0 Å². The first-order valence-corrected chi connectivity index (χ1v) is 6.08. The summed E-state index contributed by atoms with van der Waals surface area (Å²) in [4.78, 5) is 12.1. The molecule has 0 aromatic heterocycles. The van der Waals surface area contributed by atoms with E-state index in [1.807, 2.05) is 0 Å². The molecule has 0 bridgehead atoms. The summed E-state index contributed by atoms with van der Waals surface area (Å²) in [6, 6.07) is 11.3. The number of hydrogen-bond donors (Lipinski definition) is 1. The van der Waals surface area contributed by atoms with Gasteiger partial charge in [-0.05, 0) is 35.9 Å². The molecular weight excluding hydrogens is 271 g/mol. The Bertz CT molecular complexity index is 577. The minimum absolute atomic E-state index is 0.104. The zero-order chi connectivity index (χ0) is 13.1. The maximum atomic E-state index is 12.1. The summed E-state index contributed by atoms with van der Waals surface area (Å²) in [5.74, 6) is 0.0696. The van der Waals surface area contributed by atoms with Crippen LogP contribution in [0.5, 0.6) is 5.75 Å². The van der Waals surface area contributed by atoms with Crippen molar-refractivity contribution < 1.29 is 9.90 Å². The molecule has 2 nitrogen and oxygen atoms in total. The van der Waals surface area contributed by atoms with Crippen LogP contribution in [0, 0.1) is 0 Å². The van der Waals surface area contributed by atoms with E-state index < -0.39 is 0 Å². The second-order valence-electron chi connectivity index (χ2n) is 3.89. The van der Waals surface area contributed by atoms with Crippen molar-refractivity contribution in [3.8, 4) is 5.75 Å². The Hall–Kier alpha value is -1.51. The van der Waals surface area contributed by atoms with Gasteiger partial charge in [-0.15, -0.1) is 0 Å². The van der Waals surface area contributed by atoms with Gasteiger partial charge in [0, 0.05) is 17.0 Å². The third-order valence-corrected chi connectivity index (χ3v) is 3.09. The van der Waals surface area contributed by atoms with Crippen molar-refractivity contribution >= 4 is 29.0 Å². The molecule has 0 saturated heterocycles. The fourth-order valence-electron chi connectivity index (χ4n) is 1.61. The Morgan fingerprint density at radius 1 is 1.06 bits per heavy atom. The molecule has 0 heterocycles. The van der Waals surface area contributed by atoms with Crippen LogP contribution in [0.15, 0.2) is 42.5 Å². The van der Waals surface area contributed by atoms with Crippen LogP contribution in [0.2, 0.25) is 10.0 Å². The van der Waals surface area contributed by atoms with Gasteiger partial charge in [0.1, 0.15) is 5.75 Å². The second kappa shape index (κ2) is 5.42. The van der Waals surface area contributed by atoms with Crippen LogP contribution in [0.3, 0.4) is 0 Å². The standard InChI is InChI=1S/C14H10Cl2O2/c15-10-3-6-13(16)12(8-10)14(18)7-9-1-4-11(17)5-2-9/h1-6,8,17H,7H2. The summed E-state index contributed by atoms with van der Waals surface area (Å²) in [5, 5.41) is 10.0. The highest BCUT2D eigenvalue weighted by molar-refractivity contribution is 6.35. The molecule has 0 aliphatic rings. The zero-order valence-corrected chi connectivity index (χ0v) is 10.9. The third kappa shape index (κ3) is 3.03. The average Bonchev–Trinajstić information content (AvgIpc) is 2.35. The first-order valence-electron chi connectivity index (χ1n) is 5.32. The monoisotopic (exact) mass is 280 g/mol. The number of rotatable bonds is 3. The zero-order valence-electron chi connectivity index (χ0n) is 9.36. The first-order chi connectivity index (χ1) is 8.56. The van der Waals surface area contributed by atoms with E-state index in [9.17, 15) is 4.79 Å². The summed E-state index contributed by atoms with van der Waals surface area (Å²) < 4.78 is 0. The summed E-state index contributed by atoms with van der Waals surface area (Å²) >= 11 is 11.8. The van der Waals surface area contributed by atoms with Gasteiger partial charge in [0.15, 0.2) is 5.78 Å². The largest absolute Gasteiger partial charge is 0.508 e. The Balaban J connectivity index is 2.21. The van der Waals surface area contributed by atoms with Gasteiger partial charge in [-0.25, -0.2) is 0 Å². The Labute approximate surface area is 115 Å². The van der Waals surface area contributed by atoms with E-state index in [0.29, 0.717) is 15.6 Å². The van der Waals surface area contributed by atoms with E-state index in [1.165, 1.54) is 0 Å². The number of phenolic OH excluding ortho intramolecular Hbond substituents is 1. The molecule has 0 aliphatic carbocycles. The molecular formula is C14H10Cl2O2. The van der Waals surface area contributed by atoms with Gasteiger partial charge in [-0.3, -0.25) is 4.79 Å². The van der Waals surface area contributed by atoms with Crippen molar-refractivity contribution in [2.75, 3.05) is 0 Å². The SMILES string of the molecule is O=C(Cc1ccc(O)cc1)c1cc(Cl)ccc1Cl. The number of halogens is 2. The highest BCUT2D eigenvalue weighted by Gasteiger charge is 2.11. The number of hydrogen-bond acceptors (Lipinski definition) is 2. The van der Waals surface area contributed by atoms with Crippen molar-refractivity contribution in [2.45, 2.75) is 6.42 Å². The molecule has 0 fully saturated rings. The molecule has 0 amide bonds. The molecule has 0 saturated carbocycles. The van der Waals surface area contributed by atoms with Crippen molar-refractivity contribution in [2.24, 2.45) is 0 Å². The smallest absolute Gasteiger partial charge is 0.168 e. The minimum Gasteiger partial charge on any atom is -0.508 e. The minimum atomic E-state index is -0.104. The number of carbonyl (C=O) groups is 1. The fraction of sp³-hybridized carbons (Fsp3) is 0.0714. The van der Waals surface area contributed by atoms with Crippen molar-refractivity contribution in [1.29, 1.82) is 0 Å². The van der Waals surface area contributed by atoms with Gasteiger partial charge in [-0.1, -0.05) is 35.3 Å². The lowest BCUT2D eigenvalue weighted by Crippen LogP contribution is -2.04. The molecule has 2 aromatic rings. The number of Topliss-reactive ketones (excluding diaryl/α,β-unsaturated/α-hetero) is 1. The number of phenols is 1. The quantitative estimate of drug-likeness (QED) is 0.859. The lowest BCUT2D eigenvalue weighted by atomic mass is 10.0. The molecule has 0 radical (unpaired) electrons. The van der Waals surface area contributed by atoms with Crippen LogP contribution < -0.4 is 0 Å². The van der Waals surface area contributed by atoms with Crippen molar-refractivity contribution in [1.82, 2.24) is 0 Å². The van der Waals surface area contributed by atoms with E-state index in [4.69, 9.17) is 28.3 Å². The number of benzene rings is 2. The predicted octanol–water partition coefficient (Wildman–Crippen LogP) is 4.12. The molecule has 0 aliphatic heterocycles. The number of aromatic hydroxyl groups is 1. The van der Waals surface area contributed by atoms with E-state index in [0.717, 1.165) is 5.56 Å². The van der Waals surface area contributed by atoms with E-state index in [2.05, 4.69) is 0 Å². The van der Waals surface area contributed by atoms with Crippen molar-refractivity contribution in [3.05, 3.63) is 63.6 Å². The van der Waals surface area contributed by atoms with E-state index in [1.54, 1.807) is 42.5 Å². The molecule has 2 aromatic carbocycles. The maximum Gasteiger partial charge on any atom is 0.168 e. The van der Waals surface area contributed by atoms with E-state index >= 15 is 0 Å². The fourth-order valence-corrected chi connectivity index (χ4v) is 2.00. The lowest BCUT2D eigenvalue weighted by molar-refractivity contribution is 0.0993. The summed E-state index contributed by atoms with van der Waals surface area (Å²) in [5.41, 5.74) is 1.23. The molecule has 2 rings (SSSR count). The number of ketones is 1. The predicted molar refractivity (Wildman–Crippen MR) is 72.6 cm³/mol. The normalized spacial score (nSPS) is 10.3. The van der Waals surface area contributed by atoms with Crippen molar-refractivity contribution in [3.63, 3.8) is 0 Å². The molecule has 18 heavy (non-hydrogen) atoms. The Morgan fingerprint density at radius 2 is 1.72 bits per heavy atom. The Morgan fingerprint density at radius 3 is 2.39 bits per heavy atom. The highest BCUT2D eigenvalue weighted by atomic mass is 35.5. The van der Waals surface area contributed by atoms with Crippen LogP contribution in [-0.4, -0.2) is 10.9 Å². The van der Waals surface area contributed by atoms with Crippen LogP contribution >= 0.6 is 23.2 Å². The van der Waals surface area contributed by atoms with E-state index in [-0.39, 0.29) is 18.0 Å². The lowest BCUT2D eigenvalue weighted by Gasteiger charge is -2.04. The van der Waals surface area contributed by atoms with Gasteiger partial charge in [-0.2, -0.15) is 0 Å². The molecule has 0 unspecified atom stereocenters. The summed E-state index contributed by atoms with van der Waals surface area (Å²) in [7, 11) is 0. The molecule has 1 N–H and O–H groups in total. The van der Waals surface area contributed by atoms with Gasteiger partial charge >= 0.3 is 0 Å². The second-order valence-corrected chi connectivity index (χ2v) is 4.73.